The monoisotopic (exact) mass is 983 g/mol. The maximum atomic E-state index is 13.8. The lowest BCUT2D eigenvalue weighted by Crippen LogP contribution is -2.27. The molecule has 5 N–H and O–H groups in total. The molecule has 0 atom stereocenters. The molecular weight excluding hydrogens is 926 g/mol. The molecule has 18 heteroatoms. The van der Waals surface area contributed by atoms with E-state index >= 15 is 0 Å². The van der Waals surface area contributed by atoms with Crippen LogP contribution in [0.15, 0.2) is 97.1 Å². The Morgan fingerprint density at radius 1 is 0.493 bits per heavy atom. The predicted octanol–water partition coefficient (Wildman–Crippen LogP) is 8.40. The van der Waals surface area contributed by atoms with Crippen LogP contribution in [-0.4, -0.2) is 115 Å². The summed E-state index contributed by atoms with van der Waals surface area (Å²) in [4.78, 5) is 71.5. The van der Waals surface area contributed by atoms with Crippen LogP contribution in [0.5, 0.6) is 23.0 Å². The van der Waals surface area contributed by atoms with Crippen LogP contribution in [0.4, 0.5) is 28.4 Å². The van der Waals surface area contributed by atoms with Gasteiger partial charge in [0.15, 0.2) is 0 Å². The molecule has 5 amide bonds. The van der Waals surface area contributed by atoms with Gasteiger partial charge in [0, 0.05) is 66.3 Å². The number of amides is 5. The minimum atomic E-state index is -0.605. The summed E-state index contributed by atoms with van der Waals surface area (Å²) in [6.45, 7) is 2.65. The van der Waals surface area contributed by atoms with Crippen molar-refractivity contribution in [2.75, 3.05) is 107 Å². The highest BCUT2D eigenvalue weighted by molar-refractivity contribution is 6.18. The topological polar surface area (TPSA) is 189 Å². The molecule has 0 aliphatic rings. The first-order valence-corrected chi connectivity index (χ1v) is 23.2. The standard InChI is InChI=1S/C51H59Cl2N7O9/c1-59(2)26-8-25-54-48(62)39-30-35(14-20-43(39)66-3)56-50(64)41-32-37(16-22-45(41)68-5)58-51(65)42-31-36(15-21-46(42)69-6)57-49(63)40-29-34(13-19-44(40)67-4)55-47(61)10-7-9-33-11-17-38(18-12-33)60(27-23-52)28-24-53/h11-22,29-32H,7-10,23-28H2,1-6H3,(H,54,62)(H,55,61)(H,56,64)(H,57,63)(H,58,65). The highest BCUT2D eigenvalue weighted by atomic mass is 35.5. The number of carbonyl (C=O) groups is 5. The van der Waals surface area contributed by atoms with Crippen LogP contribution in [0.3, 0.4) is 0 Å². The number of nitrogens with zero attached hydrogens (tertiary/aromatic N) is 2. The van der Waals surface area contributed by atoms with E-state index in [0.717, 1.165) is 24.2 Å². The zero-order chi connectivity index (χ0) is 49.9. The van der Waals surface area contributed by atoms with E-state index in [4.69, 9.17) is 42.1 Å². The molecule has 0 aliphatic heterocycles. The average Bonchev–Trinajstić information content (AvgIpc) is 3.35. The highest BCUT2D eigenvalue weighted by Crippen LogP contribution is 2.30. The van der Waals surface area contributed by atoms with Gasteiger partial charge in [-0.1, -0.05) is 12.1 Å². The number of hydrogen-bond donors (Lipinski definition) is 5. The third-order valence-electron chi connectivity index (χ3n) is 10.8. The van der Waals surface area contributed by atoms with E-state index in [1.54, 1.807) is 36.4 Å². The van der Waals surface area contributed by atoms with E-state index in [0.29, 0.717) is 61.4 Å². The quantitative estimate of drug-likeness (QED) is 0.0279. The number of ether oxygens (including phenoxy) is 4. The minimum Gasteiger partial charge on any atom is -0.496 e. The van der Waals surface area contributed by atoms with Gasteiger partial charge in [-0.05, 0) is 130 Å². The fourth-order valence-electron chi connectivity index (χ4n) is 7.26. The van der Waals surface area contributed by atoms with Crippen molar-refractivity contribution in [1.82, 2.24) is 10.2 Å². The molecular formula is C51H59Cl2N7O9. The predicted molar refractivity (Wildman–Crippen MR) is 273 cm³/mol. The Labute approximate surface area is 412 Å². The third kappa shape index (κ3) is 15.2. The summed E-state index contributed by atoms with van der Waals surface area (Å²) in [5.74, 6) is -0.268. The fraction of sp³-hybridized carbons (Fsp3) is 0.314. The van der Waals surface area contributed by atoms with E-state index < -0.39 is 17.7 Å². The molecule has 0 aliphatic carbocycles. The van der Waals surface area contributed by atoms with Crippen molar-refractivity contribution in [3.05, 3.63) is 125 Å². The molecule has 0 saturated heterocycles. The SMILES string of the molecule is COc1ccc(NC(=O)c2cc(NC(=O)c3cc(NC(=O)c4cc(NC(=O)CCCc5ccc(N(CCCl)CCCl)cc5)ccc4OC)ccc3OC)ccc2OC)cc1C(=O)NCCCN(C)C. The van der Waals surface area contributed by atoms with Crippen molar-refractivity contribution in [3.8, 4) is 23.0 Å². The zero-order valence-corrected chi connectivity index (χ0v) is 41.1. The minimum absolute atomic E-state index is 0.0754. The summed E-state index contributed by atoms with van der Waals surface area (Å²) < 4.78 is 21.9. The Kier molecular flexibility index (Phi) is 20.3. The van der Waals surface area contributed by atoms with Crippen LogP contribution < -0.4 is 50.4 Å². The number of rotatable bonds is 25. The molecule has 0 heterocycles. The maximum absolute atomic E-state index is 13.8. The fourth-order valence-corrected chi connectivity index (χ4v) is 7.67. The lowest BCUT2D eigenvalue weighted by Gasteiger charge is -2.23. The summed E-state index contributed by atoms with van der Waals surface area (Å²) in [5, 5.41) is 14.2. The van der Waals surface area contributed by atoms with Gasteiger partial charge in [-0.25, -0.2) is 0 Å². The highest BCUT2D eigenvalue weighted by Gasteiger charge is 2.21. The molecule has 5 aromatic carbocycles. The molecule has 0 aromatic heterocycles. The van der Waals surface area contributed by atoms with Gasteiger partial charge in [0.1, 0.15) is 23.0 Å². The second-order valence-corrected chi connectivity index (χ2v) is 16.6. The first-order valence-electron chi connectivity index (χ1n) is 22.2. The van der Waals surface area contributed by atoms with E-state index in [-0.39, 0.29) is 69.1 Å². The molecule has 16 nitrogen and oxygen atoms in total. The number of alkyl halides is 2. The van der Waals surface area contributed by atoms with Gasteiger partial charge in [-0.2, -0.15) is 0 Å². The Morgan fingerprint density at radius 2 is 0.884 bits per heavy atom. The number of carbonyl (C=O) groups excluding carboxylic acids is 5. The molecule has 0 fully saturated rings. The Hall–Kier alpha value is -7.01. The van der Waals surface area contributed by atoms with Crippen molar-refractivity contribution in [3.63, 3.8) is 0 Å². The van der Waals surface area contributed by atoms with Gasteiger partial charge < -0.3 is 55.3 Å². The van der Waals surface area contributed by atoms with Crippen LogP contribution in [0.1, 0.15) is 66.3 Å². The lowest BCUT2D eigenvalue weighted by atomic mass is 10.1. The van der Waals surface area contributed by atoms with Crippen LogP contribution >= 0.6 is 23.2 Å². The smallest absolute Gasteiger partial charge is 0.259 e. The summed E-state index contributed by atoms with van der Waals surface area (Å²) in [5.41, 5.74) is 3.93. The van der Waals surface area contributed by atoms with Gasteiger partial charge in [-0.3, -0.25) is 24.0 Å². The van der Waals surface area contributed by atoms with Gasteiger partial charge >= 0.3 is 0 Å². The Morgan fingerprint density at radius 3 is 1.26 bits per heavy atom. The molecule has 5 aromatic rings. The molecule has 5 rings (SSSR count). The number of nitrogens with one attached hydrogen (secondary N) is 5. The second-order valence-electron chi connectivity index (χ2n) is 15.9. The molecule has 0 unspecified atom stereocenters. The molecule has 366 valence electrons. The summed E-state index contributed by atoms with van der Waals surface area (Å²) in [6.07, 6.45) is 2.31. The lowest BCUT2D eigenvalue weighted by molar-refractivity contribution is -0.116. The largest absolute Gasteiger partial charge is 0.496 e. The normalized spacial score (nSPS) is 10.7. The van der Waals surface area contributed by atoms with E-state index in [9.17, 15) is 24.0 Å². The van der Waals surface area contributed by atoms with Crippen LogP contribution in [0.2, 0.25) is 0 Å². The van der Waals surface area contributed by atoms with E-state index in [1.807, 2.05) is 43.3 Å². The summed E-state index contributed by atoms with van der Waals surface area (Å²) >= 11 is 11.9. The van der Waals surface area contributed by atoms with Crippen molar-refractivity contribution >= 4 is 81.2 Å². The van der Waals surface area contributed by atoms with Gasteiger partial charge in [0.05, 0.1) is 50.7 Å². The molecule has 0 bridgehead atoms. The number of benzene rings is 5. The molecule has 0 radical (unpaired) electrons. The second kappa shape index (κ2) is 26.5. The zero-order valence-electron chi connectivity index (χ0n) is 39.6. The van der Waals surface area contributed by atoms with Crippen molar-refractivity contribution in [1.29, 1.82) is 0 Å². The average molecular weight is 985 g/mol. The number of anilines is 5. The van der Waals surface area contributed by atoms with Crippen molar-refractivity contribution in [2.24, 2.45) is 0 Å². The molecule has 0 spiro atoms. The summed E-state index contributed by atoms with van der Waals surface area (Å²) in [7, 11) is 9.61. The third-order valence-corrected chi connectivity index (χ3v) is 11.1. The van der Waals surface area contributed by atoms with Gasteiger partial charge in [-0.15, -0.1) is 23.2 Å². The Balaban J connectivity index is 1.23. The van der Waals surface area contributed by atoms with Crippen molar-refractivity contribution in [2.45, 2.75) is 25.7 Å². The van der Waals surface area contributed by atoms with Crippen LogP contribution in [0.25, 0.3) is 0 Å². The van der Waals surface area contributed by atoms with Crippen molar-refractivity contribution < 1.29 is 42.9 Å². The first kappa shape index (κ1) is 53.0. The summed E-state index contributed by atoms with van der Waals surface area (Å²) in [6, 6.07) is 26.7. The van der Waals surface area contributed by atoms with Crippen LogP contribution in [-0.2, 0) is 11.2 Å². The van der Waals surface area contributed by atoms with Crippen LogP contribution in [0, 0.1) is 0 Å². The Bertz CT molecular complexity index is 2570. The van der Waals surface area contributed by atoms with E-state index in [1.165, 1.54) is 64.8 Å². The number of methoxy groups -OCH3 is 4. The number of halogens is 2. The first-order chi connectivity index (χ1) is 33.3. The maximum Gasteiger partial charge on any atom is 0.259 e. The molecule has 0 saturated carbocycles. The number of hydrogen-bond acceptors (Lipinski definition) is 11. The molecule has 69 heavy (non-hydrogen) atoms. The van der Waals surface area contributed by atoms with E-state index in [2.05, 4.69) is 31.5 Å². The van der Waals surface area contributed by atoms with Gasteiger partial charge in [0.25, 0.3) is 23.6 Å². The van der Waals surface area contributed by atoms with Gasteiger partial charge in [0.2, 0.25) is 5.91 Å². The number of aryl methyl sites for hydroxylation is 1.